The standard InChI is InChI=1S/C17H14F2N2OS/c1-10(16-20-14-5-3-4-6-15(14)23-16)21(2)17(22)11-7-8-12(18)13(19)9-11/h3-10H,1-2H3/t10-/m0/s1. The number of nitrogens with zero attached hydrogens (tertiary/aromatic N) is 2. The number of thiazole rings is 1. The molecule has 0 saturated carbocycles. The number of halogens is 2. The van der Waals surface area contributed by atoms with Gasteiger partial charge >= 0.3 is 0 Å². The van der Waals surface area contributed by atoms with E-state index in [0.29, 0.717) is 0 Å². The van der Waals surface area contributed by atoms with E-state index < -0.39 is 11.6 Å². The molecule has 6 heteroatoms. The quantitative estimate of drug-likeness (QED) is 0.712. The Morgan fingerprint density at radius 3 is 2.61 bits per heavy atom. The highest BCUT2D eigenvalue weighted by molar-refractivity contribution is 7.18. The van der Waals surface area contributed by atoms with Gasteiger partial charge in [-0.3, -0.25) is 4.79 Å². The molecule has 1 heterocycles. The Bertz CT molecular complexity index is 845. The molecule has 0 fully saturated rings. The van der Waals surface area contributed by atoms with E-state index >= 15 is 0 Å². The van der Waals surface area contributed by atoms with E-state index in [-0.39, 0.29) is 17.5 Å². The normalized spacial score (nSPS) is 12.3. The van der Waals surface area contributed by atoms with Crippen molar-refractivity contribution in [3.63, 3.8) is 0 Å². The van der Waals surface area contributed by atoms with Crippen molar-refractivity contribution in [3.05, 3.63) is 64.7 Å². The number of carbonyl (C=O) groups is 1. The predicted octanol–water partition coefficient (Wildman–Crippen LogP) is 4.41. The lowest BCUT2D eigenvalue weighted by Crippen LogP contribution is -2.29. The minimum Gasteiger partial charge on any atom is -0.333 e. The lowest BCUT2D eigenvalue weighted by atomic mass is 10.1. The molecule has 2 aromatic carbocycles. The van der Waals surface area contributed by atoms with Gasteiger partial charge in [-0.25, -0.2) is 13.8 Å². The number of para-hydroxylation sites is 1. The van der Waals surface area contributed by atoms with Crippen molar-refractivity contribution < 1.29 is 13.6 Å². The van der Waals surface area contributed by atoms with E-state index in [2.05, 4.69) is 4.98 Å². The maximum Gasteiger partial charge on any atom is 0.254 e. The third kappa shape index (κ3) is 2.94. The minimum atomic E-state index is -1.03. The zero-order chi connectivity index (χ0) is 16.6. The first-order valence-electron chi connectivity index (χ1n) is 7.05. The maximum atomic E-state index is 13.3. The van der Waals surface area contributed by atoms with Gasteiger partial charge in [0.15, 0.2) is 11.6 Å². The van der Waals surface area contributed by atoms with Gasteiger partial charge in [-0.1, -0.05) is 12.1 Å². The molecule has 0 bridgehead atoms. The Morgan fingerprint density at radius 2 is 1.91 bits per heavy atom. The molecule has 0 N–H and O–H groups in total. The van der Waals surface area contributed by atoms with Gasteiger partial charge in [0.2, 0.25) is 0 Å². The number of hydrogen-bond acceptors (Lipinski definition) is 3. The summed E-state index contributed by atoms with van der Waals surface area (Å²) >= 11 is 1.51. The number of hydrogen-bond donors (Lipinski definition) is 0. The largest absolute Gasteiger partial charge is 0.333 e. The number of benzene rings is 2. The molecule has 118 valence electrons. The summed E-state index contributed by atoms with van der Waals surface area (Å²) in [6, 6.07) is 10.6. The molecule has 0 spiro atoms. The number of aromatic nitrogens is 1. The first-order chi connectivity index (χ1) is 11.0. The molecule has 0 aliphatic rings. The molecule has 3 nitrogen and oxygen atoms in total. The Kier molecular flexibility index (Phi) is 4.09. The van der Waals surface area contributed by atoms with E-state index in [0.717, 1.165) is 27.4 Å². The van der Waals surface area contributed by atoms with Crippen LogP contribution in [0.1, 0.15) is 28.3 Å². The smallest absolute Gasteiger partial charge is 0.254 e. The summed E-state index contributed by atoms with van der Waals surface area (Å²) in [7, 11) is 1.63. The van der Waals surface area contributed by atoms with Crippen molar-refractivity contribution in [1.82, 2.24) is 9.88 Å². The monoisotopic (exact) mass is 332 g/mol. The maximum absolute atomic E-state index is 13.3. The number of fused-ring (bicyclic) bond motifs is 1. The van der Waals surface area contributed by atoms with E-state index in [9.17, 15) is 13.6 Å². The van der Waals surface area contributed by atoms with Crippen LogP contribution in [-0.4, -0.2) is 22.8 Å². The van der Waals surface area contributed by atoms with E-state index in [1.54, 1.807) is 7.05 Å². The molecule has 0 unspecified atom stereocenters. The van der Waals surface area contributed by atoms with Crippen LogP contribution in [0.4, 0.5) is 8.78 Å². The molecular weight excluding hydrogens is 318 g/mol. The minimum absolute atomic E-state index is 0.111. The first kappa shape index (κ1) is 15.6. The van der Waals surface area contributed by atoms with Gasteiger partial charge in [0.1, 0.15) is 5.01 Å². The fraction of sp³-hybridized carbons (Fsp3) is 0.176. The van der Waals surface area contributed by atoms with Crippen molar-refractivity contribution in [2.45, 2.75) is 13.0 Å². The van der Waals surface area contributed by atoms with Crippen molar-refractivity contribution in [2.75, 3.05) is 7.05 Å². The zero-order valence-electron chi connectivity index (χ0n) is 12.6. The van der Waals surface area contributed by atoms with Crippen molar-refractivity contribution >= 4 is 27.5 Å². The Balaban J connectivity index is 1.87. The van der Waals surface area contributed by atoms with E-state index in [4.69, 9.17) is 0 Å². The molecule has 3 rings (SSSR count). The second-order valence-electron chi connectivity index (χ2n) is 5.24. The number of carbonyl (C=O) groups excluding carboxylic acids is 1. The molecule has 0 radical (unpaired) electrons. The third-order valence-corrected chi connectivity index (χ3v) is 4.94. The van der Waals surface area contributed by atoms with Gasteiger partial charge in [-0.05, 0) is 37.3 Å². The summed E-state index contributed by atoms with van der Waals surface area (Å²) in [6.45, 7) is 1.86. The van der Waals surface area contributed by atoms with Crippen LogP contribution in [0.3, 0.4) is 0 Å². The zero-order valence-corrected chi connectivity index (χ0v) is 13.4. The van der Waals surface area contributed by atoms with Crippen molar-refractivity contribution in [1.29, 1.82) is 0 Å². The van der Waals surface area contributed by atoms with Gasteiger partial charge in [0, 0.05) is 12.6 Å². The number of amides is 1. The van der Waals surface area contributed by atoms with Crippen molar-refractivity contribution in [2.24, 2.45) is 0 Å². The van der Waals surface area contributed by atoms with Crippen LogP contribution in [0, 0.1) is 11.6 Å². The highest BCUT2D eigenvalue weighted by Crippen LogP contribution is 2.29. The average molecular weight is 332 g/mol. The Morgan fingerprint density at radius 1 is 1.17 bits per heavy atom. The molecule has 0 saturated heterocycles. The second kappa shape index (κ2) is 6.04. The van der Waals surface area contributed by atoms with Gasteiger partial charge in [-0.2, -0.15) is 0 Å². The summed E-state index contributed by atoms with van der Waals surface area (Å²) in [5.41, 5.74) is 0.993. The molecular formula is C17H14F2N2OS. The van der Waals surface area contributed by atoms with Crippen LogP contribution in [0.25, 0.3) is 10.2 Å². The van der Waals surface area contributed by atoms with Crippen LogP contribution in [-0.2, 0) is 0 Å². The Hall–Kier alpha value is -2.34. The summed E-state index contributed by atoms with van der Waals surface area (Å²) in [5, 5.41) is 0.796. The predicted molar refractivity (Wildman–Crippen MR) is 86.5 cm³/mol. The topological polar surface area (TPSA) is 33.2 Å². The molecule has 1 amide bonds. The summed E-state index contributed by atoms with van der Waals surface area (Å²) < 4.78 is 27.4. The van der Waals surface area contributed by atoms with E-state index in [1.165, 1.54) is 22.3 Å². The Labute approximate surface area is 136 Å². The second-order valence-corrected chi connectivity index (χ2v) is 6.30. The van der Waals surface area contributed by atoms with Crippen LogP contribution in [0.2, 0.25) is 0 Å². The summed E-state index contributed by atoms with van der Waals surface area (Å²) in [4.78, 5) is 18.5. The molecule has 1 atom stereocenters. The van der Waals surface area contributed by atoms with Gasteiger partial charge in [-0.15, -0.1) is 11.3 Å². The lowest BCUT2D eigenvalue weighted by molar-refractivity contribution is 0.0742. The van der Waals surface area contributed by atoms with E-state index in [1.807, 2.05) is 31.2 Å². The summed E-state index contributed by atoms with van der Waals surface area (Å²) in [5.74, 6) is -2.38. The SMILES string of the molecule is C[C@@H](c1nc2ccccc2s1)N(C)C(=O)c1ccc(F)c(F)c1. The fourth-order valence-corrected chi connectivity index (χ4v) is 3.31. The third-order valence-electron chi connectivity index (χ3n) is 3.74. The highest BCUT2D eigenvalue weighted by atomic mass is 32.1. The molecule has 23 heavy (non-hydrogen) atoms. The molecule has 1 aromatic heterocycles. The van der Waals surface area contributed by atoms with Crippen molar-refractivity contribution in [3.8, 4) is 0 Å². The van der Waals surface area contributed by atoms with Crippen LogP contribution in [0.5, 0.6) is 0 Å². The fourth-order valence-electron chi connectivity index (χ4n) is 2.24. The first-order valence-corrected chi connectivity index (χ1v) is 7.86. The van der Waals surface area contributed by atoms with Crippen LogP contribution < -0.4 is 0 Å². The van der Waals surface area contributed by atoms with Gasteiger partial charge in [0.25, 0.3) is 5.91 Å². The van der Waals surface area contributed by atoms with Gasteiger partial charge in [0.05, 0.1) is 16.3 Å². The number of rotatable bonds is 3. The summed E-state index contributed by atoms with van der Waals surface area (Å²) in [6.07, 6.45) is 0. The van der Waals surface area contributed by atoms with Crippen LogP contribution in [0.15, 0.2) is 42.5 Å². The van der Waals surface area contributed by atoms with Gasteiger partial charge < -0.3 is 4.90 Å². The van der Waals surface area contributed by atoms with Crippen LogP contribution >= 0.6 is 11.3 Å². The molecule has 3 aromatic rings. The lowest BCUT2D eigenvalue weighted by Gasteiger charge is -2.23. The average Bonchev–Trinajstić information content (AvgIpc) is 2.99. The molecule has 0 aliphatic heterocycles. The highest BCUT2D eigenvalue weighted by Gasteiger charge is 2.22. The molecule has 0 aliphatic carbocycles.